The summed E-state index contributed by atoms with van der Waals surface area (Å²) in [6.07, 6.45) is 2.07. The molecular weight excluding hydrogens is 272 g/mol. The molecule has 0 radical (unpaired) electrons. The molecule has 98 valence electrons. The van der Waals surface area contributed by atoms with Crippen LogP contribution in [-0.4, -0.2) is 11.2 Å². The molecule has 0 bridgehead atoms. The van der Waals surface area contributed by atoms with Crippen molar-refractivity contribution < 1.29 is 0 Å². The number of rotatable bonds is 4. The van der Waals surface area contributed by atoms with Crippen molar-refractivity contribution in [2.45, 2.75) is 11.8 Å². The van der Waals surface area contributed by atoms with Crippen molar-refractivity contribution in [3.05, 3.63) is 53.6 Å². The Kier molecular flexibility index (Phi) is 4.45. The van der Waals surface area contributed by atoms with Crippen LogP contribution in [0.1, 0.15) is 11.1 Å². The van der Waals surface area contributed by atoms with E-state index in [4.69, 9.17) is 18.0 Å². The van der Waals surface area contributed by atoms with Gasteiger partial charge >= 0.3 is 0 Å². The molecule has 0 aliphatic carbocycles. The van der Waals surface area contributed by atoms with Gasteiger partial charge in [0, 0.05) is 16.1 Å². The third kappa shape index (κ3) is 3.28. The lowest BCUT2D eigenvalue weighted by atomic mass is 10.1. The summed E-state index contributed by atoms with van der Waals surface area (Å²) in [4.78, 5) is 1.66. The summed E-state index contributed by atoms with van der Waals surface area (Å²) in [5.41, 5.74) is 9.83. The van der Waals surface area contributed by atoms with E-state index in [0.29, 0.717) is 4.99 Å². The number of para-hydroxylation sites is 1. The first-order valence-electron chi connectivity index (χ1n) is 5.92. The maximum Gasteiger partial charge on any atom is 0.104 e. The second-order valence-electron chi connectivity index (χ2n) is 4.22. The topological polar surface area (TPSA) is 38.0 Å². The van der Waals surface area contributed by atoms with Crippen molar-refractivity contribution in [2.75, 3.05) is 11.6 Å². The zero-order valence-electron chi connectivity index (χ0n) is 10.9. The Hall–Kier alpha value is -1.52. The van der Waals surface area contributed by atoms with Crippen molar-refractivity contribution in [3.63, 3.8) is 0 Å². The normalized spacial score (nSPS) is 10.2. The van der Waals surface area contributed by atoms with Gasteiger partial charge in [0.05, 0.1) is 5.69 Å². The molecule has 0 saturated carbocycles. The van der Waals surface area contributed by atoms with E-state index in [1.807, 2.05) is 31.2 Å². The highest BCUT2D eigenvalue weighted by Crippen LogP contribution is 2.28. The lowest BCUT2D eigenvalue weighted by Crippen LogP contribution is -2.11. The number of aryl methyl sites for hydroxylation is 1. The molecule has 0 aliphatic rings. The molecule has 0 saturated heterocycles. The second-order valence-corrected chi connectivity index (χ2v) is 5.51. The van der Waals surface area contributed by atoms with Crippen molar-refractivity contribution >= 4 is 40.3 Å². The van der Waals surface area contributed by atoms with E-state index in [-0.39, 0.29) is 0 Å². The first-order chi connectivity index (χ1) is 9.11. The molecular formula is C15H16N2S2. The van der Waals surface area contributed by atoms with Crippen LogP contribution in [0.15, 0.2) is 47.4 Å². The third-order valence-corrected chi connectivity index (χ3v) is 3.89. The van der Waals surface area contributed by atoms with Crippen LogP contribution in [0.4, 0.5) is 11.4 Å². The maximum atomic E-state index is 5.67. The summed E-state index contributed by atoms with van der Waals surface area (Å²) < 4.78 is 0. The summed E-state index contributed by atoms with van der Waals surface area (Å²) in [5.74, 6) is 0. The van der Waals surface area contributed by atoms with Crippen LogP contribution in [0, 0.1) is 6.92 Å². The zero-order chi connectivity index (χ0) is 13.8. The molecule has 0 aliphatic heterocycles. The molecule has 0 spiro atoms. The Morgan fingerprint density at radius 2 is 1.95 bits per heavy atom. The van der Waals surface area contributed by atoms with Crippen molar-refractivity contribution in [3.8, 4) is 0 Å². The third-order valence-electron chi connectivity index (χ3n) is 2.88. The van der Waals surface area contributed by atoms with Crippen LogP contribution in [0.3, 0.4) is 0 Å². The first kappa shape index (κ1) is 13.9. The van der Waals surface area contributed by atoms with Gasteiger partial charge in [-0.1, -0.05) is 24.4 Å². The standard InChI is InChI=1S/C15H16N2S2/c1-10-9-11(7-8-12(10)15(16)18)17-13-5-3-4-6-14(13)19-2/h3-9,17H,1-2H3,(H2,16,18). The lowest BCUT2D eigenvalue weighted by molar-refractivity contribution is 1.38. The predicted octanol–water partition coefficient (Wildman–Crippen LogP) is 4.09. The molecule has 0 aromatic heterocycles. The van der Waals surface area contributed by atoms with Crippen LogP contribution in [-0.2, 0) is 0 Å². The number of nitrogens with two attached hydrogens (primary N) is 1. The van der Waals surface area contributed by atoms with Gasteiger partial charge in [0.1, 0.15) is 4.99 Å². The van der Waals surface area contributed by atoms with Gasteiger partial charge in [-0.25, -0.2) is 0 Å². The van der Waals surface area contributed by atoms with E-state index in [9.17, 15) is 0 Å². The summed E-state index contributed by atoms with van der Waals surface area (Å²) in [6.45, 7) is 2.01. The van der Waals surface area contributed by atoms with E-state index in [2.05, 4.69) is 29.8 Å². The fraction of sp³-hybridized carbons (Fsp3) is 0.133. The first-order valence-corrected chi connectivity index (χ1v) is 7.55. The molecule has 0 atom stereocenters. The van der Waals surface area contributed by atoms with Gasteiger partial charge < -0.3 is 11.1 Å². The number of nitrogens with one attached hydrogen (secondary N) is 1. The van der Waals surface area contributed by atoms with Gasteiger partial charge in [-0.15, -0.1) is 11.8 Å². The molecule has 2 rings (SSSR count). The smallest absolute Gasteiger partial charge is 0.104 e. The van der Waals surface area contributed by atoms with E-state index in [0.717, 1.165) is 22.5 Å². The quantitative estimate of drug-likeness (QED) is 0.656. The Balaban J connectivity index is 2.29. The Morgan fingerprint density at radius 1 is 1.21 bits per heavy atom. The largest absolute Gasteiger partial charge is 0.389 e. The molecule has 2 aromatic carbocycles. The summed E-state index contributed by atoms with van der Waals surface area (Å²) in [6, 6.07) is 14.3. The second kappa shape index (κ2) is 6.08. The van der Waals surface area contributed by atoms with E-state index < -0.39 is 0 Å². The molecule has 0 unspecified atom stereocenters. The SMILES string of the molecule is CSc1ccccc1Nc1ccc(C(N)=S)c(C)c1. The number of hydrogen-bond donors (Lipinski definition) is 2. The Morgan fingerprint density at radius 3 is 2.58 bits per heavy atom. The van der Waals surface area contributed by atoms with Gasteiger partial charge in [0.25, 0.3) is 0 Å². The van der Waals surface area contributed by atoms with Crippen LogP contribution in [0.2, 0.25) is 0 Å². The van der Waals surface area contributed by atoms with E-state index in [1.54, 1.807) is 11.8 Å². The molecule has 0 amide bonds. The van der Waals surface area contributed by atoms with E-state index >= 15 is 0 Å². The van der Waals surface area contributed by atoms with Gasteiger partial charge in [-0.2, -0.15) is 0 Å². The fourth-order valence-corrected chi connectivity index (χ4v) is 2.70. The maximum absolute atomic E-state index is 5.67. The summed E-state index contributed by atoms with van der Waals surface area (Å²) >= 11 is 6.74. The average molecular weight is 288 g/mol. The molecule has 19 heavy (non-hydrogen) atoms. The van der Waals surface area contributed by atoms with Gasteiger partial charge in [-0.05, 0) is 49.1 Å². The number of thioether (sulfide) groups is 1. The molecule has 3 N–H and O–H groups in total. The number of anilines is 2. The predicted molar refractivity (Wildman–Crippen MR) is 88.6 cm³/mol. The highest BCUT2D eigenvalue weighted by atomic mass is 32.2. The molecule has 2 aromatic rings. The summed E-state index contributed by atoms with van der Waals surface area (Å²) in [5, 5.41) is 3.43. The van der Waals surface area contributed by atoms with Crippen LogP contribution >= 0.6 is 24.0 Å². The zero-order valence-corrected chi connectivity index (χ0v) is 12.6. The number of thiocarbonyl (C=S) groups is 1. The summed E-state index contributed by atoms with van der Waals surface area (Å²) in [7, 11) is 0. The molecule has 0 fully saturated rings. The van der Waals surface area contributed by atoms with Crippen LogP contribution < -0.4 is 11.1 Å². The molecule has 2 nitrogen and oxygen atoms in total. The number of benzene rings is 2. The Bertz CT molecular complexity index is 609. The minimum Gasteiger partial charge on any atom is -0.389 e. The minimum absolute atomic E-state index is 0.438. The molecule has 4 heteroatoms. The van der Waals surface area contributed by atoms with Crippen LogP contribution in [0.5, 0.6) is 0 Å². The molecule has 0 heterocycles. The Labute approximate surface area is 123 Å². The minimum atomic E-state index is 0.438. The van der Waals surface area contributed by atoms with E-state index in [1.165, 1.54) is 4.90 Å². The van der Waals surface area contributed by atoms with Crippen molar-refractivity contribution in [2.24, 2.45) is 5.73 Å². The fourth-order valence-electron chi connectivity index (χ4n) is 1.92. The van der Waals surface area contributed by atoms with Gasteiger partial charge in [-0.3, -0.25) is 0 Å². The van der Waals surface area contributed by atoms with Gasteiger partial charge in [0.15, 0.2) is 0 Å². The van der Waals surface area contributed by atoms with Crippen molar-refractivity contribution in [1.82, 2.24) is 0 Å². The highest BCUT2D eigenvalue weighted by molar-refractivity contribution is 7.98. The monoisotopic (exact) mass is 288 g/mol. The lowest BCUT2D eigenvalue weighted by Gasteiger charge is -2.12. The average Bonchev–Trinajstić information content (AvgIpc) is 2.39. The number of hydrogen-bond acceptors (Lipinski definition) is 3. The van der Waals surface area contributed by atoms with Crippen LogP contribution in [0.25, 0.3) is 0 Å². The van der Waals surface area contributed by atoms with Crippen molar-refractivity contribution in [1.29, 1.82) is 0 Å². The highest BCUT2D eigenvalue weighted by Gasteiger charge is 2.04. The van der Waals surface area contributed by atoms with Gasteiger partial charge in [0.2, 0.25) is 0 Å².